The van der Waals surface area contributed by atoms with Crippen LogP contribution in [-0.2, 0) is 4.74 Å². The van der Waals surface area contributed by atoms with Gasteiger partial charge in [-0.1, -0.05) is 0 Å². The lowest BCUT2D eigenvalue weighted by Crippen LogP contribution is -2.28. The minimum absolute atomic E-state index is 0.00267. The van der Waals surface area contributed by atoms with Crippen molar-refractivity contribution in [1.29, 1.82) is 0 Å². The molecule has 1 aromatic heterocycles. The van der Waals surface area contributed by atoms with Crippen molar-refractivity contribution in [1.82, 2.24) is 10.3 Å². The Labute approximate surface area is 108 Å². The van der Waals surface area contributed by atoms with Crippen molar-refractivity contribution in [2.45, 2.75) is 6.18 Å². The van der Waals surface area contributed by atoms with Gasteiger partial charge in [-0.3, -0.25) is 4.79 Å². The summed E-state index contributed by atoms with van der Waals surface area (Å²) in [6.45, 7) is -1.52. The van der Waals surface area contributed by atoms with E-state index in [9.17, 15) is 18.0 Å². The maximum atomic E-state index is 11.8. The molecule has 0 aliphatic rings. The number of amides is 1. The van der Waals surface area contributed by atoms with Gasteiger partial charge in [0.15, 0.2) is 0 Å². The summed E-state index contributed by atoms with van der Waals surface area (Å²) in [6.07, 6.45) is -2.98. The Bertz CT molecular complexity index is 407. The Morgan fingerprint density at radius 2 is 2.16 bits per heavy atom. The summed E-state index contributed by atoms with van der Waals surface area (Å²) in [7, 11) is 1.69. The van der Waals surface area contributed by atoms with Crippen LogP contribution in [-0.4, -0.2) is 43.9 Å². The van der Waals surface area contributed by atoms with Gasteiger partial charge in [-0.05, 0) is 12.1 Å². The molecule has 0 saturated carbocycles. The maximum Gasteiger partial charge on any atom is 0.411 e. The molecule has 0 aromatic carbocycles. The molecule has 0 aliphatic heterocycles. The minimum Gasteiger partial charge on any atom is -0.373 e. The SMILES string of the molecule is CNc1ccc(C(=O)NCCOCC(F)(F)F)cn1. The number of pyridine rings is 1. The minimum atomic E-state index is -4.35. The van der Waals surface area contributed by atoms with Crippen molar-refractivity contribution in [2.75, 3.05) is 32.1 Å². The Balaban J connectivity index is 2.27. The van der Waals surface area contributed by atoms with Gasteiger partial charge in [0.1, 0.15) is 12.4 Å². The van der Waals surface area contributed by atoms with Gasteiger partial charge < -0.3 is 15.4 Å². The van der Waals surface area contributed by atoms with Crippen LogP contribution in [0.5, 0.6) is 0 Å². The monoisotopic (exact) mass is 277 g/mol. The predicted molar refractivity (Wildman–Crippen MR) is 63.0 cm³/mol. The number of hydrogen-bond acceptors (Lipinski definition) is 4. The Hall–Kier alpha value is -1.83. The average molecular weight is 277 g/mol. The van der Waals surface area contributed by atoms with Gasteiger partial charge in [-0.25, -0.2) is 4.98 Å². The van der Waals surface area contributed by atoms with E-state index in [4.69, 9.17) is 0 Å². The number of rotatable bonds is 6. The Morgan fingerprint density at radius 3 is 2.68 bits per heavy atom. The molecule has 1 amide bonds. The highest BCUT2D eigenvalue weighted by Gasteiger charge is 2.27. The van der Waals surface area contributed by atoms with Gasteiger partial charge in [0.05, 0.1) is 12.2 Å². The average Bonchev–Trinajstić information content (AvgIpc) is 2.37. The second-order valence-electron chi connectivity index (χ2n) is 3.61. The standard InChI is InChI=1S/C11H14F3N3O2/c1-15-9-3-2-8(6-17-9)10(18)16-4-5-19-7-11(12,13)14/h2-3,6H,4-5,7H2,1H3,(H,15,17)(H,16,18). The fourth-order valence-electron chi connectivity index (χ4n) is 1.20. The van der Waals surface area contributed by atoms with Crippen LogP contribution in [0.3, 0.4) is 0 Å². The van der Waals surface area contributed by atoms with Crippen LogP contribution in [0.15, 0.2) is 18.3 Å². The molecule has 0 aliphatic carbocycles. The van der Waals surface area contributed by atoms with Crippen LogP contribution in [0.1, 0.15) is 10.4 Å². The van der Waals surface area contributed by atoms with E-state index in [1.54, 1.807) is 19.2 Å². The summed E-state index contributed by atoms with van der Waals surface area (Å²) in [5, 5.41) is 5.23. The zero-order valence-electron chi connectivity index (χ0n) is 10.3. The first kappa shape index (κ1) is 15.2. The van der Waals surface area contributed by atoms with Gasteiger partial charge in [0, 0.05) is 19.8 Å². The first-order valence-electron chi connectivity index (χ1n) is 5.49. The lowest BCUT2D eigenvalue weighted by molar-refractivity contribution is -0.173. The summed E-state index contributed by atoms with van der Waals surface area (Å²) in [5.41, 5.74) is 0.329. The third-order valence-corrected chi connectivity index (χ3v) is 2.08. The van der Waals surface area contributed by atoms with Crippen LogP contribution in [0.25, 0.3) is 0 Å². The molecule has 0 radical (unpaired) electrons. The molecule has 1 rings (SSSR count). The summed E-state index contributed by atoms with van der Waals surface area (Å²) < 4.78 is 39.6. The fraction of sp³-hybridized carbons (Fsp3) is 0.455. The van der Waals surface area contributed by atoms with E-state index < -0.39 is 18.7 Å². The molecule has 5 nitrogen and oxygen atoms in total. The molecular weight excluding hydrogens is 263 g/mol. The fourth-order valence-corrected chi connectivity index (χ4v) is 1.20. The molecule has 0 unspecified atom stereocenters. The highest BCUT2D eigenvalue weighted by molar-refractivity contribution is 5.94. The number of halogens is 3. The number of carbonyl (C=O) groups excluding carboxylic acids is 1. The first-order valence-corrected chi connectivity index (χ1v) is 5.49. The summed E-state index contributed by atoms with van der Waals surface area (Å²) in [4.78, 5) is 15.5. The molecule has 1 aromatic rings. The largest absolute Gasteiger partial charge is 0.411 e. The van der Waals surface area contributed by atoms with Gasteiger partial charge >= 0.3 is 6.18 Å². The molecule has 106 valence electrons. The molecule has 0 bridgehead atoms. The van der Waals surface area contributed by atoms with Crippen LogP contribution in [0, 0.1) is 0 Å². The number of alkyl halides is 3. The molecule has 2 N–H and O–H groups in total. The van der Waals surface area contributed by atoms with E-state index in [2.05, 4.69) is 20.4 Å². The number of carbonyl (C=O) groups is 1. The maximum absolute atomic E-state index is 11.8. The molecule has 8 heteroatoms. The van der Waals surface area contributed by atoms with E-state index >= 15 is 0 Å². The third-order valence-electron chi connectivity index (χ3n) is 2.08. The highest BCUT2D eigenvalue weighted by atomic mass is 19.4. The van der Waals surface area contributed by atoms with Gasteiger partial charge in [0.25, 0.3) is 5.91 Å². The molecule has 0 atom stereocenters. The van der Waals surface area contributed by atoms with Gasteiger partial charge in [-0.15, -0.1) is 0 Å². The summed E-state index contributed by atoms with van der Waals surface area (Å²) in [5.74, 6) is 0.204. The van der Waals surface area contributed by atoms with Crippen molar-refractivity contribution in [2.24, 2.45) is 0 Å². The lowest BCUT2D eigenvalue weighted by atomic mass is 10.2. The number of nitrogens with zero attached hydrogens (tertiary/aromatic N) is 1. The zero-order chi connectivity index (χ0) is 14.3. The number of hydrogen-bond donors (Lipinski definition) is 2. The molecule has 0 spiro atoms. The Morgan fingerprint density at radius 1 is 1.42 bits per heavy atom. The zero-order valence-corrected chi connectivity index (χ0v) is 10.3. The van der Waals surface area contributed by atoms with Crippen molar-refractivity contribution in [3.63, 3.8) is 0 Å². The predicted octanol–water partition coefficient (Wildman–Crippen LogP) is 1.43. The van der Waals surface area contributed by atoms with Crippen LogP contribution >= 0.6 is 0 Å². The van der Waals surface area contributed by atoms with Crippen molar-refractivity contribution >= 4 is 11.7 Å². The second-order valence-corrected chi connectivity index (χ2v) is 3.61. The van der Waals surface area contributed by atoms with Crippen molar-refractivity contribution < 1.29 is 22.7 Å². The molecule has 1 heterocycles. The van der Waals surface area contributed by atoms with Gasteiger partial charge in [-0.2, -0.15) is 13.2 Å². The quantitative estimate of drug-likeness (QED) is 0.772. The van der Waals surface area contributed by atoms with E-state index in [-0.39, 0.29) is 13.2 Å². The summed E-state index contributed by atoms with van der Waals surface area (Å²) in [6, 6.07) is 3.18. The normalized spacial score (nSPS) is 11.2. The Kier molecular flexibility index (Phi) is 5.56. The third kappa shape index (κ3) is 6.05. The topological polar surface area (TPSA) is 63.2 Å². The van der Waals surface area contributed by atoms with E-state index in [0.717, 1.165) is 0 Å². The lowest BCUT2D eigenvalue weighted by Gasteiger charge is -2.08. The smallest absolute Gasteiger partial charge is 0.373 e. The van der Waals surface area contributed by atoms with Crippen molar-refractivity contribution in [3.05, 3.63) is 23.9 Å². The van der Waals surface area contributed by atoms with Crippen LogP contribution < -0.4 is 10.6 Å². The van der Waals surface area contributed by atoms with Crippen LogP contribution in [0.4, 0.5) is 19.0 Å². The number of nitrogens with one attached hydrogen (secondary N) is 2. The second kappa shape index (κ2) is 6.93. The number of ether oxygens (including phenoxy) is 1. The molecular formula is C11H14F3N3O2. The van der Waals surface area contributed by atoms with Crippen LogP contribution in [0.2, 0.25) is 0 Å². The molecule has 0 fully saturated rings. The molecule has 19 heavy (non-hydrogen) atoms. The molecule has 0 saturated heterocycles. The number of anilines is 1. The van der Waals surface area contributed by atoms with Gasteiger partial charge in [0.2, 0.25) is 0 Å². The van der Waals surface area contributed by atoms with Crippen molar-refractivity contribution in [3.8, 4) is 0 Å². The van der Waals surface area contributed by atoms with E-state index in [0.29, 0.717) is 11.4 Å². The van der Waals surface area contributed by atoms with E-state index in [1.165, 1.54) is 6.20 Å². The summed E-state index contributed by atoms with van der Waals surface area (Å²) >= 11 is 0. The number of aromatic nitrogens is 1. The first-order chi connectivity index (χ1) is 8.92. The van der Waals surface area contributed by atoms with E-state index in [1.807, 2.05) is 0 Å². The highest BCUT2D eigenvalue weighted by Crippen LogP contribution is 2.13.